The fourth-order valence-electron chi connectivity index (χ4n) is 8.37. The van der Waals surface area contributed by atoms with Crippen LogP contribution in [-0.2, 0) is 14.3 Å². The summed E-state index contributed by atoms with van der Waals surface area (Å²) < 4.78 is 5.47. The molecule has 0 rings (SSSR count). The van der Waals surface area contributed by atoms with Crippen molar-refractivity contribution in [1.82, 2.24) is 5.32 Å². The molecule has 0 heterocycles. The van der Waals surface area contributed by atoms with E-state index in [1.165, 1.54) is 193 Å². The molecule has 0 radical (unpaired) electrons. The zero-order valence-electron chi connectivity index (χ0n) is 42.1. The number of aliphatic hydroxyl groups is 2. The molecule has 0 fully saturated rings. The van der Waals surface area contributed by atoms with Crippen LogP contribution in [0.4, 0.5) is 0 Å². The third-order valence-electron chi connectivity index (χ3n) is 12.7. The summed E-state index contributed by atoms with van der Waals surface area (Å²) >= 11 is 0. The molecule has 0 aromatic rings. The topological polar surface area (TPSA) is 95.9 Å². The van der Waals surface area contributed by atoms with Crippen molar-refractivity contribution in [3.63, 3.8) is 0 Å². The van der Waals surface area contributed by atoms with Gasteiger partial charge in [-0.05, 0) is 83.5 Å². The van der Waals surface area contributed by atoms with E-state index in [9.17, 15) is 19.8 Å². The van der Waals surface area contributed by atoms with Crippen molar-refractivity contribution in [1.29, 1.82) is 0 Å². The molecule has 0 bridgehead atoms. The zero-order valence-corrected chi connectivity index (χ0v) is 42.1. The SMILES string of the molecule is CCCCC/C=C\C/C=C\CCCCCCCCCC(=O)OCCCCCCCC/C=C\CCCCCCCCCC(=O)NC(CO)C(O)CCCCCCCCCCCCCC. The van der Waals surface area contributed by atoms with Crippen molar-refractivity contribution < 1.29 is 24.5 Å². The van der Waals surface area contributed by atoms with E-state index in [1.54, 1.807) is 0 Å². The van der Waals surface area contributed by atoms with Gasteiger partial charge in [-0.15, -0.1) is 0 Å². The minimum atomic E-state index is -0.671. The molecule has 2 atom stereocenters. The molecule has 3 N–H and O–H groups in total. The zero-order chi connectivity index (χ0) is 45.8. The first-order valence-corrected chi connectivity index (χ1v) is 27.7. The molecule has 370 valence electrons. The Labute approximate surface area is 392 Å². The molecular formula is C57H107NO5. The van der Waals surface area contributed by atoms with E-state index in [2.05, 4.69) is 55.6 Å². The molecule has 0 saturated heterocycles. The van der Waals surface area contributed by atoms with E-state index in [0.717, 1.165) is 64.2 Å². The first kappa shape index (κ1) is 61.1. The Morgan fingerprint density at radius 1 is 0.444 bits per heavy atom. The predicted molar refractivity (Wildman–Crippen MR) is 273 cm³/mol. The summed E-state index contributed by atoms with van der Waals surface area (Å²) in [6, 6.07) is -0.550. The minimum Gasteiger partial charge on any atom is -0.466 e. The summed E-state index contributed by atoms with van der Waals surface area (Å²) in [6.07, 6.45) is 64.1. The van der Waals surface area contributed by atoms with Crippen LogP contribution in [0, 0.1) is 0 Å². The van der Waals surface area contributed by atoms with E-state index < -0.39 is 12.1 Å². The van der Waals surface area contributed by atoms with E-state index in [-0.39, 0.29) is 18.5 Å². The van der Waals surface area contributed by atoms with Crippen LogP contribution in [0.2, 0.25) is 0 Å². The maximum atomic E-state index is 12.4. The molecule has 6 nitrogen and oxygen atoms in total. The van der Waals surface area contributed by atoms with Crippen LogP contribution in [0.1, 0.15) is 290 Å². The van der Waals surface area contributed by atoms with Gasteiger partial charge in [0.15, 0.2) is 0 Å². The van der Waals surface area contributed by atoms with Crippen molar-refractivity contribution in [2.75, 3.05) is 13.2 Å². The van der Waals surface area contributed by atoms with Gasteiger partial charge in [-0.3, -0.25) is 9.59 Å². The van der Waals surface area contributed by atoms with Crippen molar-refractivity contribution >= 4 is 11.9 Å². The monoisotopic (exact) mass is 886 g/mol. The van der Waals surface area contributed by atoms with Crippen LogP contribution in [0.5, 0.6) is 0 Å². The lowest BCUT2D eigenvalue weighted by Gasteiger charge is -2.22. The summed E-state index contributed by atoms with van der Waals surface area (Å²) in [5.41, 5.74) is 0. The van der Waals surface area contributed by atoms with E-state index >= 15 is 0 Å². The fraction of sp³-hybridized carbons (Fsp3) is 0.860. The van der Waals surface area contributed by atoms with Gasteiger partial charge in [0.2, 0.25) is 5.91 Å². The van der Waals surface area contributed by atoms with Gasteiger partial charge in [0.1, 0.15) is 0 Å². The molecule has 0 spiro atoms. The Morgan fingerprint density at radius 3 is 1.25 bits per heavy atom. The van der Waals surface area contributed by atoms with E-state index in [0.29, 0.717) is 25.9 Å². The lowest BCUT2D eigenvalue weighted by atomic mass is 10.0. The van der Waals surface area contributed by atoms with E-state index in [4.69, 9.17) is 4.74 Å². The number of carbonyl (C=O) groups is 2. The van der Waals surface area contributed by atoms with Crippen molar-refractivity contribution in [3.8, 4) is 0 Å². The molecule has 2 unspecified atom stereocenters. The first-order valence-electron chi connectivity index (χ1n) is 27.7. The third kappa shape index (κ3) is 49.4. The molecule has 0 aromatic heterocycles. The van der Waals surface area contributed by atoms with Gasteiger partial charge in [-0.2, -0.15) is 0 Å². The maximum Gasteiger partial charge on any atom is 0.305 e. The number of esters is 1. The van der Waals surface area contributed by atoms with Crippen LogP contribution in [0.15, 0.2) is 36.5 Å². The number of carbonyl (C=O) groups excluding carboxylic acids is 2. The highest BCUT2D eigenvalue weighted by Gasteiger charge is 2.20. The smallest absolute Gasteiger partial charge is 0.305 e. The second kappa shape index (κ2) is 52.7. The summed E-state index contributed by atoms with van der Waals surface area (Å²) in [6.45, 7) is 4.90. The second-order valence-corrected chi connectivity index (χ2v) is 18.9. The number of amides is 1. The summed E-state index contributed by atoms with van der Waals surface area (Å²) in [5.74, 6) is -0.0581. The van der Waals surface area contributed by atoms with Gasteiger partial charge in [0.25, 0.3) is 0 Å². The molecule has 6 heteroatoms. The molecule has 63 heavy (non-hydrogen) atoms. The Morgan fingerprint density at radius 2 is 0.794 bits per heavy atom. The number of allylic oxidation sites excluding steroid dienone is 6. The normalized spacial score (nSPS) is 12.9. The van der Waals surface area contributed by atoms with Gasteiger partial charge in [0, 0.05) is 12.8 Å². The number of unbranched alkanes of at least 4 members (excludes halogenated alkanes) is 34. The molecular weight excluding hydrogens is 779 g/mol. The largest absolute Gasteiger partial charge is 0.466 e. The van der Waals surface area contributed by atoms with Crippen molar-refractivity contribution in [2.45, 2.75) is 302 Å². The number of aliphatic hydroxyl groups excluding tert-OH is 2. The van der Waals surface area contributed by atoms with Crippen LogP contribution in [0.3, 0.4) is 0 Å². The lowest BCUT2D eigenvalue weighted by molar-refractivity contribution is -0.143. The summed E-state index contributed by atoms with van der Waals surface area (Å²) in [7, 11) is 0. The number of ether oxygens (including phenoxy) is 1. The van der Waals surface area contributed by atoms with Crippen LogP contribution >= 0.6 is 0 Å². The fourth-order valence-corrected chi connectivity index (χ4v) is 8.37. The minimum absolute atomic E-state index is 0.00991. The lowest BCUT2D eigenvalue weighted by Crippen LogP contribution is -2.45. The van der Waals surface area contributed by atoms with Gasteiger partial charge in [-0.1, -0.05) is 230 Å². The standard InChI is InChI=1S/C57H107NO5/c1-3-5-7-9-11-13-15-17-18-20-24-27-31-35-39-43-47-51-57(62)63-52-48-44-40-36-32-28-25-22-19-21-23-26-30-34-38-42-46-50-56(61)58-54(53-59)55(60)49-45-41-37-33-29-16-14-12-10-8-6-4-2/h11,13,17-19,22,54-55,59-60H,3-10,12,14-16,20-21,23-53H2,1-2H3,(H,58,61)/b13-11-,18-17-,22-19-. The van der Waals surface area contributed by atoms with Gasteiger partial charge in [0.05, 0.1) is 25.4 Å². The molecule has 0 aliphatic heterocycles. The number of hydrogen-bond acceptors (Lipinski definition) is 5. The van der Waals surface area contributed by atoms with Gasteiger partial charge >= 0.3 is 5.97 Å². The van der Waals surface area contributed by atoms with Crippen LogP contribution < -0.4 is 5.32 Å². The highest BCUT2D eigenvalue weighted by molar-refractivity contribution is 5.76. The number of hydrogen-bond donors (Lipinski definition) is 3. The number of rotatable bonds is 51. The number of nitrogens with one attached hydrogen (secondary N) is 1. The molecule has 1 amide bonds. The Balaban J connectivity index is 3.45. The molecule has 0 aromatic carbocycles. The Kier molecular flexibility index (Phi) is 51.1. The van der Waals surface area contributed by atoms with Crippen molar-refractivity contribution in [3.05, 3.63) is 36.5 Å². The van der Waals surface area contributed by atoms with E-state index in [1.807, 2.05) is 0 Å². The molecule has 0 aliphatic carbocycles. The molecule has 0 aliphatic rings. The summed E-state index contributed by atoms with van der Waals surface area (Å²) in [5, 5.41) is 23.2. The molecule has 0 saturated carbocycles. The maximum absolute atomic E-state index is 12.4. The summed E-state index contributed by atoms with van der Waals surface area (Å²) in [4.78, 5) is 24.5. The first-order chi connectivity index (χ1) is 31.0. The van der Waals surface area contributed by atoms with Crippen molar-refractivity contribution in [2.24, 2.45) is 0 Å². The highest BCUT2D eigenvalue weighted by Crippen LogP contribution is 2.16. The average molecular weight is 886 g/mol. The quantitative estimate of drug-likeness (QED) is 0.0321. The predicted octanol–water partition coefficient (Wildman–Crippen LogP) is 16.9. The van der Waals surface area contributed by atoms with Crippen LogP contribution in [0.25, 0.3) is 0 Å². The van der Waals surface area contributed by atoms with Crippen LogP contribution in [-0.4, -0.2) is 47.4 Å². The Hall–Kier alpha value is -1.92. The van der Waals surface area contributed by atoms with Gasteiger partial charge < -0.3 is 20.3 Å². The average Bonchev–Trinajstić information content (AvgIpc) is 3.28. The van der Waals surface area contributed by atoms with Gasteiger partial charge in [-0.25, -0.2) is 0 Å². The Bertz CT molecular complexity index is 1020. The highest BCUT2D eigenvalue weighted by atomic mass is 16.5. The second-order valence-electron chi connectivity index (χ2n) is 18.9. The third-order valence-corrected chi connectivity index (χ3v) is 12.7.